The van der Waals surface area contributed by atoms with Crippen LogP contribution in [0.5, 0.6) is 0 Å². The van der Waals surface area contributed by atoms with Crippen molar-refractivity contribution >= 4 is 12.2 Å². The van der Waals surface area contributed by atoms with Crippen LogP contribution in [0.3, 0.4) is 0 Å². The van der Waals surface area contributed by atoms with E-state index in [1.807, 2.05) is 66.9 Å². The Labute approximate surface area is 282 Å². The molecular weight excluding hydrogens is 604 g/mol. The number of amides is 2. The summed E-state index contributed by atoms with van der Waals surface area (Å²) in [5, 5.41) is 5.14. The number of nitrogens with zero attached hydrogens (tertiary/aromatic N) is 2. The molecule has 2 aromatic carbocycles. The summed E-state index contributed by atoms with van der Waals surface area (Å²) in [5.74, 6) is 11.4. The fourth-order valence-corrected chi connectivity index (χ4v) is 3.94. The van der Waals surface area contributed by atoms with Gasteiger partial charge in [0.05, 0.1) is 13.1 Å². The number of carbonyl (C=O) groups excluding carboxylic acids is 2. The van der Waals surface area contributed by atoms with Gasteiger partial charge in [0.1, 0.15) is 18.9 Å². The zero-order valence-corrected chi connectivity index (χ0v) is 27.0. The molecule has 10 heteroatoms. The van der Waals surface area contributed by atoms with Crippen LogP contribution in [0.15, 0.2) is 97.3 Å². The highest BCUT2D eigenvalue weighted by Gasteiger charge is 2.01. The summed E-state index contributed by atoms with van der Waals surface area (Å²) < 4.78 is 10.2. The van der Waals surface area contributed by atoms with Gasteiger partial charge < -0.3 is 31.6 Å². The number of nitrogens with one attached hydrogen (secondary N) is 2. The lowest BCUT2D eigenvalue weighted by atomic mass is 10.1. The van der Waals surface area contributed by atoms with Crippen LogP contribution in [-0.4, -0.2) is 48.3 Å². The van der Waals surface area contributed by atoms with Gasteiger partial charge >= 0.3 is 12.2 Å². The van der Waals surface area contributed by atoms with Gasteiger partial charge in [-0.15, -0.1) is 0 Å². The third-order valence-corrected chi connectivity index (χ3v) is 6.47. The number of aryl methyl sites for hydroxylation is 2. The predicted molar refractivity (Wildman–Crippen MR) is 186 cm³/mol. The Kier molecular flexibility index (Phi) is 17.4. The summed E-state index contributed by atoms with van der Waals surface area (Å²) in [5.41, 5.74) is 16.3. The van der Waals surface area contributed by atoms with Gasteiger partial charge in [-0.1, -0.05) is 84.5 Å². The molecule has 0 fully saturated rings. The zero-order chi connectivity index (χ0) is 34.1. The minimum atomic E-state index is -0.533. The van der Waals surface area contributed by atoms with E-state index in [0.29, 0.717) is 11.3 Å². The summed E-state index contributed by atoms with van der Waals surface area (Å²) in [7, 11) is 0. The summed E-state index contributed by atoms with van der Waals surface area (Å²) >= 11 is 0. The molecule has 0 atom stereocenters. The van der Waals surface area contributed by atoms with Crippen LogP contribution in [0.25, 0.3) is 0 Å². The maximum absolute atomic E-state index is 11.7. The standard InChI is InChI=1S/C27H23N3O4.C11H19N3/c31-26(33-20-23-9-3-1-4-10-23)28-17-7-13-22-15-16-25(30-19-22)14-8-18-29-27(32)34-21-24-11-5-2-6-12-24;12-7-1-3-10-5-6-11(14-9-10)4-2-8-13/h1-6,9-12,15-16,19H,17-18,20-21H2,(H,28,31)(H,29,32);5-6,9H,1-4,7-8,12-13H2. The van der Waals surface area contributed by atoms with Crippen molar-refractivity contribution < 1.29 is 19.1 Å². The van der Waals surface area contributed by atoms with Crippen LogP contribution >= 0.6 is 0 Å². The van der Waals surface area contributed by atoms with Crippen LogP contribution in [0.1, 0.15) is 46.5 Å². The summed E-state index contributed by atoms with van der Waals surface area (Å²) in [6.07, 6.45) is 6.52. The monoisotopic (exact) mass is 646 g/mol. The highest BCUT2D eigenvalue weighted by atomic mass is 16.6. The lowest BCUT2D eigenvalue weighted by molar-refractivity contribution is 0.140. The Morgan fingerprint density at radius 3 is 1.73 bits per heavy atom. The minimum absolute atomic E-state index is 0.142. The number of pyridine rings is 2. The number of alkyl carbamates (subject to hydrolysis) is 2. The van der Waals surface area contributed by atoms with Gasteiger partial charge in [-0.2, -0.15) is 0 Å². The average Bonchev–Trinajstić information content (AvgIpc) is 3.14. The van der Waals surface area contributed by atoms with E-state index in [4.69, 9.17) is 20.9 Å². The van der Waals surface area contributed by atoms with E-state index < -0.39 is 12.2 Å². The minimum Gasteiger partial charge on any atom is -0.445 e. The average molecular weight is 647 g/mol. The van der Waals surface area contributed by atoms with E-state index in [-0.39, 0.29) is 26.3 Å². The topological polar surface area (TPSA) is 154 Å². The molecule has 0 saturated carbocycles. The largest absolute Gasteiger partial charge is 0.445 e. The van der Waals surface area contributed by atoms with Gasteiger partial charge in [-0.3, -0.25) is 4.98 Å². The zero-order valence-electron chi connectivity index (χ0n) is 27.0. The molecule has 248 valence electrons. The SMILES string of the molecule is NCCCc1ccc(CCCN)nc1.O=C(NCC#Cc1ccc(C#CCNC(=O)OCc2ccccc2)nc1)OCc1ccccc1. The molecule has 0 spiro atoms. The second-order valence-electron chi connectivity index (χ2n) is 10.3. The van der Waals surface area contributed by atoms with Crippen molar-refractivity contribution in [1.29, 1.82) is 0 Å². The van der Waals surface area contributed by atoms with Crippen molar-refractivity contribution in [3.8, 4) is 23.7 Å². The number of hydrogen-bond acceptors (Lipinski definition) is 8. The van der Waals surface area contributed by atoms with E-state index in [2.05, 4.69) is 56.4 Å². The van der Waals surface area contributed by atoms with Crippen molar-refractivity contribution in [3.05, 3.63) is 131 Å². The summed E-state index contributed by atoms with van der Waals surface area (Å²) in [4.78, 5) is 31.9. The summed E-state index contributed by atoms with van der Waals surface area (Å²) in [6, 6.07) is 26.6. The fraction of sp³-hybridized carbons (Fsp3) is 0.263. The van der Waals surface area contributed by atoms with Crippen LogP contribution in [0.4, 0.5) is 9.59 Å². The molecule has 2 amide bonds. The quantitative estimate of drug-likeness (QED) is 0.164. The Hall–Kier alpha value is -5.68. The van der Waals surface area contributed by atoms with Crippen molar-refractivity contribution in [2.45, 2.75) is 38.9 Å². The van der Waals surface area contributed by atoms with E-state index in [0.717, 1.165) is 55.6 Å². The third kappa shape index (κ3) is 16.1. The molecule has 4 rings (SSSR count). The van der Waals surface area contributed by atoms with E-state index >= 15 is 0 Å². The molecule has 2 heterocycles. The Bertz CT molecular complexity index is 1500. The van der Waals surface area contributed by atoms with Gasteiger partial charge in [0.2, 0.25) is 0 Å². The first-order valence-electron chi connectivity index (χ1n) is 15.7. The number of nitrogens with two attached hydrogens (primary N) is 2. The summed E-state index contributed by atoms with van der Waals surface area (Å²) in [6.45, 7) is 2.18. The van der Waals surface area contributed by atoms with E-state index in [1.54, 1.807) is 18.3 Å². The molecule has 0 saturated heterocycles. The van der Waals surface area contributed by atoms with Gasteiger partial charge in [0.25, 0.3) is 0 Å². The maximum atomic E-state index is 11.7. The molecule has 0 bridgehead atoms. The lowest BCUT2D eigenvalue weighted by Crippen LogP contribution is -2.24. The van der Waals surface area contributed by atoms with Crippen molar-refractivity contribution in [1.82, 2.24) is 20.6 Å². The molecule has 0 aliphatic heterocycles. The fourth-order valence-electron chi connectivity index (χ4n) is 3.94. The van der Waals surface area contributed by atoms with E-state index in [9.17, 15) is 9.59 Å². The highest BCUT2D eigenvalue weighted by Crippen LogP contribution is 2.05. The second kappa shape index (κ2) is 22.8. The van der Waals surface area contributed by atoms with E-state index in [1.165, 1.54) is 5.56 Å². The van der Waals surface area contributed by atoms with Gasteiger partial charge in [-0.25, -0.2) is 14.6 Å². The van der Waals surface area contributed by atoms with Gasteiger partial charge in [0, 0.05) is 23.7 Å². The van der Waals surface area contributed by atoms with Crippen LogP contribution in [0, 0.1) is 23.7 Å². The number of benzene rings is 2. The van der Waals surface area contributed by atoms with Crippen molar-refractivity contribution in [2.24, 2.45) is 11.5 Å². The smallest absolute Gasteiger partial charge is 0.408 e. The Morgan fingerprint density at radius 2 is 1.21 bits per heavy atom. The number of aromatic nitrogens is 2. The normalized spacial score (nSPS) is 9.71. The molecule has 10 nitrogen and oxygen atoms in total. The van der Waals surface area contributed by atoms with Crippen molar-refractivity contribution in [3.63, 3.8) is 0 Å². The third-order valence-electron chi connectivity index (χ3n) is 6.47. The first-order valence-corrected chi connectivity index (χ1v) is 15.7. The van der Waals surface area contributed by atoms with Crippen molar-refractivity contribution in [2.75, 3.05) is 26.2 Å². The Morgan fingerprint density at radius 1 is 0.625 bits per heavy atom. The molecule has 0 aliphatic carbocycles. The van der Waals surface area contributed by atoms with Crippen LogP contribution in [-0.2, 0) is 35.5 Å². The number of ether oxygens (including phenoxy) is 2. The lowest BCUT2D eigenvalue weighted by Gasteiger charge is -2.04. The van der Waals surface area contributed by atoms with Crippen LogP contribution < -0.4 is 22.1 Å². The Balaban J connectivity index is 0.000000373. The van der Waals surface area contributed by atoms with Gasteiger partial charge in [0.15, 0.2) is 0 Å². The molecular formula is C38H42N6O4. The molecule has 6 N–H and O–H groups in total. The van der Waals surface area contributed by atoms with Gasteiger partial charge in [-0.05, 0) is 79.6 Å². The number of hydrogen-bond donors (Lipinski definition) is 4. The first-order chi connectivity index (χ1) is 23.6. The molecule has 0 aliphatic rings. The highest BCUT2D eigenvalue weighted by molar-refractivity contribution is 5.68. The maximum Gasteiger partial charge on any atom is 0.408 e. The predicted octanol–water partition coefficient (Wildman–Crippen LogP) is 4.50. The molecule has 48 heavy (non-hydrogen) atoms. The van der Waals surface area contributed by atoms with Crippen LogP contribution in [0.2, 0.25) is 0 Å². The first kappa shape index (κ1) is 36.8. The molecule has 0 radical (unpaired) electrons. The molecule has 0 unspecified atom stereocenters. The molecule has 4 aromatic rings. The number of carbonyl (C=O) groups is 2. The number of rotatable bonds is 12. The second-order valence-corrected chi connectivity index (χ2v) is 10.3. The molecule has 2 aromatic heterocycles.